The summed E-state index contributed by atoms with van der Waals surface area (Å²) >= 11 is 11.2. The molecule has 22 heavy (non-hydrogen) atoms. The maximum absolute atomic E-state index is 5.92. The summed E-state index contributed by atoms with van der Waals surface area (Å²) in [4.78, 5) is 2.48. The van der Waals surface area contributed by atoms with Crippen LogP contribution in [0, 0.1) is 0 Å². The molecule has 1 aromatic carbocycles. The zero-order valence-corrected chi connectivity index (χ0v) is 14.6. The van der Waals surface area contributed by atoms with E-state index in [0.29, 0.717) is 6.04 Å². The van der Waals surface area contributed by atoms with E-state index in [0.717, 1.165) is 54.7 Å². The Hall–Kier alpha value is -1.10. The van der Waals surface area contributed by atoms with Gasteiger partial charge in [-0.2, -0.15) is 0 Å². The third-order valence-electron chi connectivity index (χ3n) is 3.79. The van der Waals surface area contributed by atoms with E-state index in [4.69, 9.17) is 23.8 Å². The Labute approximate surface area is 143 Å². The van der Waals surface area contributed by atoms with Crippen LogP contribution >= 0.6 is 23.8 Å². The maximum atomic E-state index is 5.92. The van der Waals surface area contributed by atoms with Gasteiger partial charge >= 0.3 is 0 Å². The van der Waals surface area contributed by atoms with Crippen molar-refractivity contribution in [2.75, 3.05) is 19.6 Å². The number of nitrogens with one attached hydrogen (secondary N) is 2. The molecule has 1 heterocycles. The van der Waals surface area contributed by atoms with Gasteiger partial charge in [0.1, 0.15) is 0 Å². The Bertz CT molecular complexity index is 507. The Morgan fingerprint density at radius 3 is 2.55 bits per heavy atom. The predicted octanol–water partition coefficient (Wildman–Crippen LogP) is 3.34. The number of halogens is 1. The van der Waals surface area contributed by atoms with Gasteiger partial charge in [0.05, 0.1) is 0 Å². The summed E-state index contributed by atoms with van der Waals surface area (Å²) in [7, 11) is 0. The molecule has 0 unspecified atom stereocenters. The minimum Gasteiger partial charge on any atom is -0.360 e. The lowest BCUT2D eigenvalue weighted by Crippen LogP contribution is -2.47. The number of rotatable bonds is 5. The third-order valence-corrected chi connectivity index (χ3v) is 4.31. The van der Waals surface area contributed by atoms with Gasteiger partial charge in [0.25, 0.3) is 0 Å². The first-order chi connectivity index (χ1) is 10.5. The van der Waals surface area contributed by atoms with Crippen molar-refractivity contribution in [2.45, 2.75) is 32.4 Å². The van der Waals surface area contributed by atoms with Gasteiger partial charge in [-0.3, -0.25) is 4.90 Å². The summed E-state index contributed by atoms with van der Waals surface area (Å²) in [5.41, 5.74) is 2.40. The number of nitrogens with zero attached hydrogens (tertiary/aromatic N) is 1. The zero-order chi connectivity index (χ0) is 15.9. The summed E-state index contributed by atoms with van der Waals surface area (Å²) in [5, 5.41) is 8.11. The molecule has 0 radical (unpaired) electrons. The largest absolute Gasteiger partial charge is 0.360 e. The van der Waals surface area contributed by atoms with Crippen LogP contribution in [0.4, 0.5) is 0 Å². The van der Waals surface area contributed by atoms with Crippen LogP contribution in [0.2, 0.25) is 5.02 Å². The fourth-order valence-corrected chi connectivity index (χ4v) is 2.92. The van der Waals surface area contributed by atoms with Crippen LogP contribution in [0.3, 0.4) is 0 Å². The van der Waals surface area contributed by atoms with Crippen molar-refractivity contribution in [3.63, 3.8) is 0 Å². The molecular formula is C17H24ClN3S. The van der Waals surface area contributed by atoms with Crippen molar-refractivity contribution in [1.82, 2.24) is 15.5 Å². The molecule has 1 aliphatic heterocycles. The first-order valence-electron chi connectivity index (χ1n) is 7.68. The molecule has 0 atom stereocenters. The molecule has 0 aliphatic carbocycles. The van der Waals surface area contributed by atoms with Gasteiger partial charge in [0.15, 0.2) is 5.11 Å². The van der Waals surface area contributed by atoms with Gasteiger partial charge in [0.2, 0.25) is 0 Å². The molecule has 0 saturated carbocycles. The van der Waals surface area contributed by atoms with E-state index in [1.807, 2.05) is 19.1 Å². The van der Waals surface area contributed by atoms with Crippen molar-refractivity contribution in [3.8, 4) is 0 Å². The van der Waals surface area contributed by atoms with E-state index >= 15 is 0 Å². The van der Waals surface area contributed by atoms with Crippen molar-refractivity contribution in [1.29, 1.82) is 0 Å². The van der Waals surface area contributed by atoms with Gasteiger partial charge in [-0.15, -0.1) is 0 Å². The summed E-state index contributed by atoms with van der Waals surface area (Å²) in [6.07, 6.45) is 2.23. The second-order valence-corrected chi connectivity index (χ2v) is 6.81. The number of hydrogen-bond acceptors (Lipinski definition) is 2. The molecule has 5 heteroatoms. The van der Waals surface area contributed by atoms with Crippen LogP contribution in [-0.4, -0.2) is 35.7 Å². The molecule has 1 saturated heterocycles. The molecule has 3 nitrogen and oxygen atoms in total. The molecular weight excluding hydrogens is 314 g/mol. The van der Waals surface area contributed by atoms with Crippen LogP contribution in [0.1, 0.15) is 25.3 Å². The Kier molecular flexibility index (Phi) is 6.68. The summed E-state index contributed by atoms with van der Waals surface area (Å²) in [6.45, 7) is 9.75. The highest BCUT2D eigenvalue weighted by Crippen LogP contribution is 2.15. The smallest absolute Gasteiger partial charge is 0.166 e. The zero-order valence-electron chi connectivity index (χ0n) is 13.1. The highest BCUT2D eigenvalue weighted by atomic mass is 35.5. The van der Waals surface area contributed by atoms with Gasteiger partial charge < -0.3 is 10.6 Å². The molecule has 120 valence electrons. The highest BCUT2D eigenvalue weighted by Gasteiger charge is 2.19. The second-order valence-electron chi connectivity index (χ2n) is 5.96. The van der Waals surface area contributed by atoms with E-state index in [2.05, 4.69) is 34.2 Å². The average molecular weight is 338 g/mol. The molecule has 2 rings (SSSR count). The lowest BCUT2D eigenvalue weighted by atomic mass is 10.0. The number of benzene rings is 1. The number of piperidine rings is 1. The fraction of sp³-hybridized carbons (Fsp3) is 0.471. The van der Waals surface area contributed by atoms with Crippen molar-refractivity contribution in [3.05, 3.63) is 47.0 Å². The van der Waals surface area contributed by atoms with Gasteiger partial charge in [-0.05, 0) is 49.7 Å². The first kappa shape index (κ1) is 17.3. The van der Waals surface area contributed by atoms with E-state index in [-0.39, 0.29) is 0 Å². The molecule has 1 fully saturated rings. The lowest BCUT2D eigenvalue weighted by Gasteiger charge is -2.33. The third kappa shape index (κ3) is 5.95. The minimum absolute atomic E-state index is 0.464. The molecule has 0 bridgehead atoms. The predicted molar refractivity (Wildman–Crippen MR) is 98.3 cm³/mol. The average Bonchev–Trinajstić information content (AvgIpc) is 2.49. The lowest BCUT2D eigenvalue weighted by molar-refractivity contribution is 0.199. The standard InChI is InChI=1S/C17H24ClN3S/c1-13(2)11-19-17(22)20-16-7-9-21(10-8-16)12-14-3-5-15(18)6-4-14/h3-6,16H,1,7-12H2,2H3,(H2,19,20,22). The molecule has 0 spiro atoms. The van der Waals surface area contributed by atoms with Crippen molar-refractivity contribution < 1.29 is 0 Å². The fourth-order valence-electron chi connectivity index (χ4n) is 2.55. The van der Waals surface area contributed by atoms with Crippen LogP contribution < -0.4 is 10.6 Å². The molecule has 0 aromatic heterocycles. The first-order valence-corrected chi connectivity index (χ1v) is 8.47. The SMILES string of the molecule is C=C(C)CNC(=S)NC1CCN(Cc2ccc(Cl)cc2)CC1. The highest BCUT2D eigenvalue weighted by molar-refractivity contribution is 7.80. The van der Waals surface area contributed by atoms with Gasteiger partial charge in [0, 0.05) is 37.2 Å². The van der Waals surface area contributed by atoms with E-state index in [9.17, 15) is 0 Å². The normalized spacial score (nSPS) is 16.3. The van der Waals surface area contributed by atoms with E-state index in [1.54, 1.807) is 0 Å². The molecule has 2 N–H and O–H groups in total. The van der Waals surface area contributed by atoms with Crippen molar-refractivity contribution >= 4 is 28.9 Å². The monoisotopic (exact) mass is 337 g/mol. The second kappa shape index (κ2) is 8.51. The Morgan fingerprint density at radius 2 is 1.95 bits per heavy atom. The molecule has 1 aliphatic rings. The summed E-state index contributed by atoms with van der Waals surface area (Å²) < 4.78 is 0. The van der Waals surface area contributed by atoms with Crippen LogP contribution in [-0.2, 0) is 6.54 Å². The maximum Gasteiger partial charge on any atom is 0.166 e. The number of likely N-dealkylation sites (tertiary alicyclic amines) is 1. The summed E-state index contributed by atoms with van der Waals surface area (Å²) in [5.74, 6) is 0. The number of hydrogen-bond donors (Lipinski definition) is 2. The molecule has 0 amide bonds. The quantitative estimate of drug-likeness (QED) is 0.636. The van der Waals surface area contributed by atoms with E-state index < -0.39 is 0 Å². The van der Waals surface area contributed by atoms with Crippen LogP contribution in [0.25, 0.3) is 0 Å². The topological polar surface area (TPSA) is 27.3 Å². The van der Waals surface area contributed by atoms with Gasteiger partial charge in [-0.25, -0.2) is 0 Å². The Morgan fingerprint density at radius 1 is 1.32 bits per heavy atom. The summed E-state index contributed by atoms with van der Waals surface area (Å²) in [6, 6.07) is 8.58. The van der Waals surface area contributed by atoms with Crippen molar-refractivity contribution in [2.24, 2.45) is 0 Å². The van der Waals surface area contributed by atoms with E-state index in [1.165, 1.54) is 5.56 Å². The van der Waals surface area contributed by atoms with Crippen LogP contribution in [0.15, 0.2) is 36.4 Å². The Balaban J connectivity index is 1.70. The number of thiocarbonyl (C=S) groups is 1. The van der Waals surface area contributed by atoms with Crippen LogP contribution in [0.5, 0.6) is 0 Å². The molecule has 1 aromatic rings. The van der Waals surface area contributed by atoms with Gasteiger partial charge in [-0.1, -0.05) is 35.9 Å². The minimum atomic E-state index is 0.464.